The second-order valence-electron chi connectivity index (χ2n) is 2.84. The number of carbonyl (C=O) groups is 2. The molecule has 0 radical (unpaired) electrons. The Labute approximate surface area is 83.1 Å². The lowest BCUT2D eigenvalue weighted by Crippen LogP contribution is -2.25. The van der Waals surface area contributed by atoms with Crippen LogP contribution < -0.4 is 0 Å². The van der Waals surface area contributed by atoms with Gasteiger partial charge >= 0.3 is 0 Å². The van der Waals surface area contributed by atoms with Crippen molar-refractivity contribution in [1.82, 2.24) is 5.06 Å². The number of hydrogen-bond acceptors (Lipinski definition) is 4. The molecule has 1 aliphatic rings. The summed E-state index contributed by atoms with van der Waals surface area (Å²) in [5.41, 5.74) is 8.53. The molecule has 1 aliphatic heterocycles. The first-order valence-corrected chi connectivity index (χ1v) is 3.92. The molecule has 0 atom stereocenters. The topological polar surface area (TPSA) is 106 Å². The molecule has 0 fully saturated rings. The number of amides is 2. The van der Waals surface area contributed by atoms with Gasteiger partial charge in [-0.2, -0.15) is 0 Å². The molecule has 0 aromatic heterocycles. The normalized spacial score (nSPS) is 13.8. The van der Waals surface area contributed by atoms with Gasteiger partial charge in [-0.1, -0.05) is 11.2 Å². The number of hydrogen-bond donors (Lipinski definition) is 1. The van der Waals surface area contributed by atoms with Crippen molar-refractivity contribution in [2.24, 2.45) is 5.11 Å². The maximum Gasteiger partial charge on any atom is 0.285 e. The van der Waals surface area contributed by atoms with Crippen molar-refractivity contribution in [3.05, 3.63) is 39.8 Å². The summed E-state index contributed by atoms with van der Waals surface area (Å²) >= 11 is 0. The van der Waals surface area contributed by atoms with E-state index in [2.05, 4.69) is 10.0 Å². The molecule has 1 aromatic rings. The van der Waals surface area contributed by atoms with E-state index in [-0.39, 0.29) is 21.9 Å². The predicted molar refractivity (Wildman–Crippen MR) is 47.5 cm³/mol. The molecular weight excluding hydrogens is 200 g/mol. The molecule has 0 saturated carbocycles. The summed E-state index contributed by atoms with van der Waals surface area (Å²) in [5, 5.41) is 12.4. The van der Waals surface area contributed by atoms with Gasteiger partial charge in [-0.3, -0.25) is 14.8 Å². The van der Waals surface area contributed by atoms with Gasteiger partial charge in [-0.25, -0.2) is 0 Å². The smallest absolute Gasteiger partial charge is 0.278 e. The first-order valence-electron chi connectivity index (χ1n) is 3.92. The lowest BCUT2D eigenvalue weighted by atomic mass is 10.1. The highest BCUT2D eigenvalue weighted by atomic mass is 16.5. The Balaban J connectivity index is 2.61. The van der Waals surface area contributed by atoms with E-state index in [4.69, 9.17) is 10.7 Å². The fraction of sp³-hybridized carbons (Fsp3) is 0. The second-order valence-corrected chi connectivity index (χ2v) is 2.84. The van der Waals surface area contributed by atoms with Crippen LogP contribution in [0.4, 0.5) is 5.69 Å². The second kappa shape index (κ2) is 3.09. The van der Waals surface area contributed by atoms with Gasteiger partial charge in [0.1, 0.15) is 0 Å². The molecule has 1 N–H and O–H groups in total. The van der Waals surface area contributed by atoms with Crippen molar-refractivity contribution in [3.8, 4) is 0 Å². The van der Waals surface area contributed by atoms with E-state index in [1.165, 1.54) is 18.2 Å². The Morgan fingerprint density at radius 3 is 2.60 bits per heavy atom. The fourth-order valence-corrected chi connectivity index (χ4v) is 1.33. The van der Waals surface area contributed by atoms with Crippen molar-refractivity contribution in [3.63, 3.8) is 0 Å². The Kier molecular flexibility index (Phi) is 1.89. The number of azide groups is 1. The summed E-state index contributed by atoms with van der Waals surface area (Å²) in [6, 6.07) is 3.98. The number of hydroxylamine groups is 2. The lowest BCUT2D eigenvalue weighted by molar-refractivity contribution is -0.0327. The minimum atomic E-state index is -0.815. The number of rotatable bonds is 1. The van der Waals surface area contributed by atoms with Gasteiger partial charge in [-0.15, -0.1) is 5.06 Å². The summed E-state index contributed by atoms with van der Waals surface area (Å²) < 4.78 is 0. The van der Waals surface area contributed by atoms with Crippen LogP contribution in [-0.4, -0.2) is 22.1 Å². The number of benzene rings is 1. The molecule has 0 bridgehead atoms. The summed E-state index contributed by atoms with van der Waals surface area (Å²) in [5.74, 6) is -1.59. The van der Waals surface area contributed by atoms with Crippen molar-refractivity contribution in [1.29, 1.82) is 0 Å². The van der Waals surface area contributed by atoms with Crippen LogP contribution in [-0.2, 0) is 0 Å². The summed E-state index contributed by atoms with van der Waals surface area (Å²) in [6.07, 6.45) is 0. The molecule has 2 rings (SSSR count). The molecule has 1 heterocycles. The molecule has 74 valence electrons. The summed E-state index contributed by atoms with van der Waals surface area (Å²) in [4.78, 5) is 25.1. The third kappa shape index (κ3) is 1.23. The molecular formula is C8H4N4O3. The Hall–Kier alpha value is -2.37. The third-order valence-electron chi connectivity index (χ3n) is 2.01. The van der Waals surface area contributed by atoms with Crippen molar-refractivity contribution in [2.45, 2.75) is 0 Å². The molecule has 2 amide bonds. The molecule has 7 heteroatoms. The van der Waals surface area contributed by atoms with E-state index in [1.807, 2.05) is 0 Å². The van der Waals surface area contributed by atoms with Gasteiger partial charge in [0.25, 0.3) is 11.8 Å². The van der Waals surface area contributed by atoms with Gasteiger partial charge in [0, 0.05) is 10.6 Å². The van der Waals surface area contributed by atoms with Crippen LogP contribution in [0.15, 0.2) is 23.3 Å². The monoisotopic (exact) mass is 204 g/mol. The van der Waals surface area contributed by atoms with Crippen LogP contribution in [0.5, 0.6) is 0 Å². The van der Waals surface area contributed by atoms with E-state index in [1.54, 1.807) is 0 Å². The highest BCUT2D eigenvalue weighted by molar-refractivity contribution is 6.20. The molecule has 7 nitrogen and oxygen atoms in total. The van der Waals surface area contributed by atoms with Crippen molar-refractivity contribution < 1.29 is 14.8 Å². The van der Waals surface area contributed by atoms with Crippen LogP contribution in [0.1, 0.15) is 20.7 Å². The average Bonchev–Trinajstić information content (AvgIpc) is 2.45. The van der Waals surface area contributed by atoms with Crippen LogP contribution in [0.25, 0.3) is 10.4 Å². The summed E-state index contributed by atoms with van der Waals surface area (Å²) in [6.45, 7) is 0. The molecule has 0 saturated heterocycles. The predicted octanol–water partition coefficient (Wildman–Crippen LogP) is 1.61. The van der Waals surface area contributed by atoms with Crippen LogP contribution in [0.2, 0.25) is 0 Å². The minimum Gasteiger partial charge on any atom is -0.278 e. The number of fused-ring (bicyclic) bond motifs is 1. The first kappa shape index (κ1) is 9.20. The van der Waals surface area contributed by atoms with Crippen molar-refractivity contribution >= 4 is 17.5 Å². The molecule has 15 heavy (non-hydrogen) atoms. The SMILES string of the molecule is [N-]=[N+]=Nc1ccc2c(c1)C(=O)N(O)C2=O. The Bertz CT molecular complexity index is 519. The number of carbonyl (C=O) groups excluding carboxylic acids is 2. The lowest BCUT2D eigenvalue weighted by Gasteiger charge is -1.99. The molecule has 1 aromatic carbocycles. The van der Waals surface area contributed by atoms with Gasteiger partial charge in [0.15, 0.2) is 0 Å². The molecule has 0 spiro atoms. The van der Waals surface area contributed by atoms with E-state index in [0.717, 1.165) is 0 Å². The quantitative estimate of drug-likeness (QED) is 0.247. The minimum absolute atomic E-state index is 0.0323. The van der Waals surface area contributed by atoms with Gasteiger partial charge in [-0.05, 0) is 17.7 Å². The Morgan fingerprint density at radius 1 is 1.27 bits per heavy atom. The van der Waals surface area contributed by atoms with Crippen LogP contribution in [0, 0.1) is 0 Å². The maximum atomic E-state index is 11.3. The standard InChI is InChI=1S/C8H4N4O3/c9-11-10-4-1-2-5-6(3-4)8(14)12(15)7(5)13/h1-3,15H. The zero-order valence-electron chi connectivity index (χ0n) is 7.28. The number of nitrogens with zero attached hydrogens (tertiary/aromatic N) is 4. The highest BCUT2D eigenvalue weighted by Gasteiger charge is 2.34. The van der Waals surface area contributed by atoms with E-state index >= 15 is 0 Å². The van der Waals surface area contributed by atoms with E-state index in [9.17, 15) is 9.59 Å². The van der Waals surface area contributed by atoms with Gasteiger partial charge < -0.3 is 0 Å². The zero-order valence-corrected chi connectivity index (χ0v) is 7.28. The fourth-order valence-electron chi connectivity index (χ4n) is 1.33. The zero-order chi connectivity index (χ0) is 11.0. The molecule has 0 unspecified atom stereocenters. The van der Waals surface area contributed by atoms with Crippen molar-refractivity contribution in [2.75, 3.05) is 0 Å². The molecule has 0 aliphatic carbocycles. The van der Waals surface area contributed by atoms with Gasteiger partial charge in [0.05, 0.1) is 11.1 Å². The first-order chi connectivity index (χ1) is 7.15. The van der Waals surface area contributed by atoms with E-state index in [0.29, 0.717) is 0 Å². The Morgan fingerprint density at radius 2 is 1.93 bits per heavy atom. The number of imide groups is 1. The van der Waals surface area contributed by atoms with E-state index < -0.39 is 11.8 Å². The largest absolute Gasteiger partial charge is 0.285 e. The van der Waals surface area contributed by atoms with Crippen LogP contribution >= 0.6 is 0 Å². The highest BCUT2D eigenvalue weighted by Crippen LogP contribution is 2.25. The van der Waals surface area contributed by atoms with Gasteiger partial charge in [0.2, 0.25) is 0 Å². The average molecular weight is 204 g/mol. The third-order valence-corrected chi connectivity index (χ3v) is 2.01. The maximum absolute atomic E-state index is 11.3. The van der Waals surface area contributed by atoms with Crippen LogP contribution in [0.3, 0.4) is 0 Å². The summed E-state index contributed by atoms with van der Waals surface area (Å²) in [7, 11) is 0.